The molecule has 0 saturated carbocycles. The van der Waals surface area contributed by atoms with Crippen molar-refractivity contribution in [1.29, 1.82) is 0 Å². The zero-order valence-corrected chi connectivity index (χ0v) is 34.1. The number of ether oxygens (including phenoxy) is 3. The number of aromatic nitrogens is 3. The first-order valence-corrected chi connectivity index (χ1v) is 20.3. The Morgan fingerprint density at radius 3 is 2.65 bits per heavy atom. The summed E-state index contributed by atoms with van der Waals surface area (Å²) in [6, 6.07) is 24.6. The summed E-state index contributed by atoms with van der Waals surface area (Å²) in [7, 11) is 0. The molecule has 3 aliphatic heterocycles. The van der Waals surface area contributed by atoms with Crippen LogP contribution in [0, 0.1) is 5.92 Å². The number of rotatable bonds is 7. The highest BCUT2D eigenvalue weighted by Gasteiger charge is 2.61. The number of halogens is 1. The molecule has 2 amide bonds. The Kier molecular flexibility index (Phi) is 9.01. The zero-order chi connectivity index (χ0) is 41.3. The van der Waals surface area contributed by atoms with Crippen molar-refractivity contribution in [3.05, 3.63) is 136 Å². The van der Waals surface area contributed by atoms with E-state index in [-0.39, 0.29) is 30.7 Å². The molecular formula is C45H37BrN6O8. The summed E-state index contributed by atoms with van der Waals surface area (Å²) < 4.78 is 32.2. The minimum Gasteiger partial charge on any atom is -0.469 e. The standard InChI is InChI=1S/C45H37BrN6O8/c1-22(2)35-42-51-38(41-48-20-34(58-41)27-19-47-36-26(27)11-7-14-33(36)57-23(3)53)39(60-42)45-28-12-8-13-30(46)37(28)52-43(45)59-32-16-15-25(17-29(32)45)18-31(40(54)50-35)49-44(55)56-21-24-9-5-4-6-10-24/h4-17,19-20,22,31,35,43,47,52H,18,21H2,1-3H3,(H,49,55)(H,50,54)/t31-,35?,43?,45?/m0/s1. The third-order valence-corrected chi connectivity index (χ3v) is 11.9. The summed E-state index contributed by atoms with van der Waals surface area (Å²) >= 11 is 3.75. The minimum atomic E-state index is -1.12. The summed E-state index contributed by atoms with van der Waals surface area (Å²) in [5.41, 5.74) is 4.54. The topological polar surface area (TPSA) is 183 Å². The van der Waals surface area contributed by atoms with E-state index in [9.17, 15) is 14.4 Å². The van der Waals surface area contributed by atoms with Gasteiger partial charge in [-0.15, -0.1) is 0 Å². The lowest BCUT2D eigenvalue weighted by Gasteiger charge is -2.28. The van der Waals surface area contributed by atoms with Crippen LogP contribution in [0.15, 0.2) is 111 Å². The Bertz CT molecular complexity index is 2850. The molecule has 3 unspecified atom stereocenters. The lowest BCUT2D eigenvalue weighted by atomic mass is 9.72. The number of para-hydroxylation sites is 2. The van der Waals surface area contributed by atoms with Crippen LogP contribution in [-0.4, -0.2) is 45.2 Å². The van der Waals surface area contributed by atoms with Gasteiger partial charge in [-0.3, -0.25) is 9.59 Å². The molecule has 10 rings (SSSR count). The van der Waals surface area contributed by atoms with Gasteiger partial charge in [-0.1, -0.05) is 80.6 Å². The highest BCUT2D eigenvalue weighted by Crippen LogP contribution is 2.60. The van der Waals surface area contributed by atoms with Gasteiger partial charge in [0.05, 0.1) is 17.4 Å². The number of benzene rings is 4. The maximum absolute atomic E-state index is 14.3. The highest BCUT2D eigenvalue weighted by atomic mass is 79.9. The van der Waals surface area contributed by atoms with Crippen LogP contribution in [-0.2, 0) is 32.8 Å². The summed E-state index contributed by atoms with van der Waals surface area (Å²) in [5.74, 6) is 1.12. The van der Waals surface area contributed by atoms with Crippen molar-refractivity contribution in [2.24, 2.45) is 5.92 Å². The lowest BCUT2D eigenvalue weighted by Crippen LogP contribution is -2.49. The molecule has 0 saturated heterocycles. The lowest BCUT2D eigenvalue weighted by molar-refractivity contribution is -0.131. The summed E-state index contributed by atoms with van der Waals surface area (Å²) in [6.45, 7) is 5.29. The van der Waals surface area contributed by atoms with Crippen molar-refractivity contribution in [1.82, 2.24) is 25.6 Å². The molecule has 4 bridgehead atoms. The molecule has 0 radical (unpaired) electrons. The minimum absolute atomic E-state index is 0.0394. The van der Waals surface area contributed by atoms with Gasteiger partial charge >= 0.3 is 12.1 Å². The molecule has 15 heteroatoms. The molecule has 14 nitrogen and oxygen atoms in total. The molecule has 0 fully saturated rings. The molecule has 4 aromatic carbocycles. The van der Waals surface area contributed by atoms with Crippen molar-refractivity contribution >= 4 is 50.5 Å². The van der Waals surface area contributed by atoms with E-state index in [2.05, 4.69) is 36.9 Å². The van der Waals surface area contributed by atoms with E-state index in [1.54, 1.807) is 24.5 Å². The Hall–Kier alpha value is -6.87. The van der Waals surface area contributed by atoms with Gasteiger partial charge in [0.15, 0.2) is 29.2 Å². The molecule has 6 heterocycles. The number of anilines is 1. The van der Waals surface area contributed by atoms with E-state index >= 15 is 0 Å². The van der Waals surface area contributed by atoms with Crippen molar-refractivity contribution in [2.75, 3.05) is 5.32 Å². The maximum Gasteiger partial charge on any atom is 0.408 e. The first-order chi connectivity index (χ1) is 29.1. The predicted molar refractivity (Wildman–Crippen MR) is 222 cm³/mol. The second-order valence-corrected chi connectivity index (χ2v) is 16.2. The summed E-state index contributed by atoms with van der Waals surface area (Å²) in [4.78, 5) is 52.6. The summed E-state index contributed by atoms with van der Waals surface area (Å²) in [5, 5.41) is 10.3. The van der Waals surface area contributed by atoms with Gasteiger partial charge in [0.2, 0.25) is 17.7 Å². The van der Waals surface area contributed by atoms with Crippen molar-refractivity contribution in [3.8, 4) is 34.4 Å². The quantitative estimate of drug-likeness (QED) is 0.0893. The molecule has 4 atom stereocenters. The van der Waals surface area contributed by atoms with Crippen LogP contribution in [0.3, 0.4) is 0 Å². The van der Waals surface area contributed by atoms with Crippen molar-refractivity contribution < 1.29 is 37.4 Å². The number of aromatic amines is 1. The number of nitrogens with zero attached hydrogens (tertiary/aromatic N) is 2. The largest absolute Gasteiger partial charge is 0.469 e. The number of alkyl carbamates (subject to hydrolysis) is 1. The first kappa shape index (κ1) is 37.4. The van der Waals surface area contributed by atoms with Crippen molar-refractivity contribution in [2.45, 2.75) is 57.5 Å². The Morgan fingerprint density at radius 2 is 1.83 bits per heavy atom. The monoisotopic (exact) mass is 868 g/mol. The second-order valence-electron chi connectivity index (χ2n) is 15.4. The number of hydrogen-bond donors (Lipinski definition) is 4. The number of carbonyl (C=O) groups is 3. The third kappa shape index (κ3) is 6.10. The van der Waals surface area contributed by atoms with Gasteiger partial charge in [0, 0.05) is 46.1 Å². The molecule has 0 aliphatic carbocycles. The number of fused-ring (bicyclic) bond motifs is 5. The van der Waals surface area contributed by atoms with Crippen LogP contribution in [0.1, 0.15) is 60.7 Å². The molecule has 7 aromatic rings. The first-order valence-electron chi connectivity index (χ1n) is 19.5. The third-order valence-electron chi connectivity index (χ3n) is 11.2. The summed E-state index contributed by atoms with van der Waals surface area (Å²) in [6.07, 6.45) is 2.11. The SMILES string of the molecule is CC(=O)Oc1cccc2c(-c3cnc(-c4nc5oc4C46c7cc(ccc7OC4Nc4c(Br)cccc46)C[C@H](NC(=O)OCc4ccccc4)C(=O)NC5C(C)C)o3)c[nH]c12. The van der Waals surface area contributed by atoms with E-state index in [0.29, 0.717) is 39.8 Å². The zero-order valence-electron chi connectivity index (χ0n) is 32.5. The fraction of sp³-hybridized carbons (Fsp3) is 0.222. The molecule has 302 valence electrons. The average Bonchev–Trinajstić information content (AvgIpc) is 4.06. The van der Waals surface area contributed by atoms with Crippen LogP contribution < -0.4 is 25.4 Å². The van der Waals surface area contributed by atoms with Crippen LogP contribution in [0.4, 0.5) is 10.5 Å². The number of oxazole rings is 2. The van der Waals surface area contributed by atoms with Gasteiger partial charge in [-0.05, 0) is 51.2 Å². The molecular weight excluding hydrogens is 832 g/mol. The number of amides is 2. The number of hydrogen-bond acceptors (Lipinski definition) is 11. The number of carbonyl (C=O) groups excluding carboxylic acids is 3. The maximum atomic E-state index is 14.3. The molecule has 3 aliphatic rings. The van der Waals surface area contributed by atoms with E-state index in [4.69, 9.17) is 33.0 Å². The van der Waals surface area contributed by atoms with Crippen LogP contribution >= 0.6 is 15.9 Å². The van der Waals surface area contributed by atoms with Crippen molar-refractivity contribution in [3.63, 3.8) is 0 Å². The average molecular weight is 870 g/mol. The molecule has 1 spiro atoms. The molecule has 4 N–H and O–H groups in total. The van der Waals surface area contributed by atoms with Gasteiger partial charge in [-0.2, -0.15) is 0 Å². The number of H-pyrrole nitrogens is 1. The van der Waals surface area contributed by atoms with E-state index in [1.807, 2.05) is 86.6 Å². The smallest absolute Gasteiger partial charge is 0.408 e. The fourth-order valence-corrected chi connectivity index (χ4v) is 8.95. The fourth-order valence-electron chi connectivity index (χ4n) is 8.47. The Labute approximate surface area is 351 Å². The van der Waals surface area contributed by atoms with Crippen LogP contribution in [0.2, 0.25) is 0 Å². The van der Waals surface area contributed by atoms with E-state index in [1.165, 1.54) is 6.92 Å². The van der Waals surface area contributed by atoms with Crippen LogP contribution in [0.25, 0.3) is 33.8 Å². The Morgan fingerprint density at radius 1 is 1.00 bits per heavy atom. The Balaban J connectivity index is 1.12. The van der Waals surface area contributed by atoms with E-state index in [0.717, 1.165) is 37.8 Å². The van der Waals surface area contributed by atoms with Crippen LogP contribution in [0.5, 0.6) is 11.5 Å². The van der Waals surface area contributed by atoms with Gasteiger partial charge in [0.25, 0.3) is 0 Å². The number of esters is 1. The molecule has 60 heavy (non-hydrogen) atoms. The van der Waals surface area contributed by atoms with Gasteiger partial charge in [-0.25, -0.2) is 14.8 Å². The predicted octanol–water partition coefficient (Wildman–Crippen LogP) is 8.31. The number of nitrogens with one attached hydrogen (secondary N) is 4. The second kappa shape index (κ2) is 14.4. The molecule has 3 aromatic heterocycles. The highest BCUT2D eigenvalue weighted by molar-refractivity contribution is 9.10. The van der Waals surface area contributed by atoms with E-state index < -0.39 is 41.7 Å². The van der Waals surface area contributed by atoms with Gasteiger partial charge < -0.3 is 44.0 Å². The van der Waals surface area contributed by atoms with Gasteiger partial charge in [0.1, 0.15) is 29.9 Å². The normalized spacial score (nSPS) is 19.9.